The van der Waals surface area contributed by atoms with Crippen LogP contribution < -0.4 is 5.73 Å². The molecule has 0 fully saturated rings. The van der Waals surface area contributed by atoms with Crippen LogP contribution in [0.5, 0.6) is 0 Å². The number of rotatable bonds is 7. The van der Waals surface area contributed by atoms with Gasteiger partial charge in [0.2, 0.25) is 21.4 Å². The number of halogens is 1. The number of Topliss-reactive ketones (excluding diaryl/α,β-unsaturated/α-hetero) is 2. The van der Waals surface area contributed by atoms with E-state index >= 15 is 0 Å². The van der Waals surface area contributed by atoms with E-state index in [1.807, 2.05) is 6.92 Å². The van der Waals surface area contributed by atoms with Crippen molar-refractivity contribution in [2.45, 2.75) is 29.2 Å². The number of sulfone groups is 1. The van der Waals surface area contributed by atoms with E-state index in [2.05, 4.69) is 0 Å². The summed E-state index contributed by atoms with van der Waals surface area (Å²) in [5, 5.41) is 0. The molecule has 2 aromatic rings. The van der Waals surface area contributed by atoms with Gasteiger partial charge in [-0.2, -0.15) is 0 Å². The minimum atomic E-state index is -3.60. The van der Waals surface area contributed by atoms with Crippen molar-refractivity contribution in [3.8, 4) is 0 Å². The highest BCUT2D eigenvalue weighted by Crippen LogP contribution is 2.21. The monoisotopic (exact) mass is 379 g/mol. The van der Waals surface area contributed by atoms with Crippen molar-refractivity contribution in [3.63, 3.8) is 0 Å². The lowest BCUT2D eigenvalue weighted by molar-refractivity contribution is -0.135. The second-order valence-corrected chi connectivity index (χ2v) is 7.91. The zero-order chi connectivity index (χ0) is 18.6. The first-order valence-corrected chi connectivity index (χ1v) is 9.56. The van der Waals surface area contributed by atoms with E-state index in [9.17, 15) is 18.0 Å². The summed E-state index contributed by atoms with van der Waals surface area (Å²) in [7, 11) is -3.60. The summed E-state index contributed by atoms with van der Waals surface area (Å²) in [6.07, 6.45) is 0.131. The predicted octanol–water partition coefficient (Wildman–Crippen LogP) is 2.07. The molecule has 0 aliphatic carbocycles. The first-order chi connectivity index (χ1) is 11.8. The number of hydrogen-bond acceptors (Lipinski definition) is 5. The molecule has 0 amide bonds. The van der Waals surface area contributed by atoms with Crippen molar-refractivity contribution in [2.75, 3.05) is 5.88 Å². The van der Waals surface area contributed by atoms with E-state index in [4.69, 9.17) is 17.3 Å². The zero-order valence-corrected chi connectivity index (χ0v) is 15.2. The number of carbonyl (C=O) groups is 2. The maximum absolute atomic E-state index is 12.6. The van der Waals surface area contributed by atoms with Crippen LogP contribution in [0.4, 0.5) is 0 Å². The number of aryl methyl sites for hydroxylation is 1. The quantitative estimate of drug-likeness (QED) is 0.587. The van der Waals surface area contributed by atoms with Gasteiger partial charge >= 0.3 is 0 Å². The molecule has 2 N–H and O–H groups in total. The fourth-order valence-corrected chi connectivity index (χ4v) is 3.67. The van der Waals surface area contributed by atoms with Crippen LogP contribution in [0.3, 0.4) is 0 Å². The van der Waals surface area contributed by atoms with Crippen LogP contribution in [0, 0.1) is 6.92 Å². The first-order valence-electron chi connectivity index (χ1n) is 7.55. The van der Waals surface area contributed by atoms with Crippen molar-refractivity contribution < 1.29 is 18.0 Å². The third-order valence-electron chi connectivity index (χ3n) is 3.75. The molecule has 5 nitrogen and oxygen atoms in total. The molecule has 7 heteroatoms. The van der Waals surface area contributed by atoms with E-state index in [1.54, 1.807) is 36.4 Å². The summed E-state index contributed by atoms with van der Waals surface area (Å²) in [5.41, 5.74) is 7.34. The Labute approximate surface area is 151 Å². The molecule has 2 aromatic carbocycles. The van der Waals surface area contributed by atoms with Gasteiger partial charge in [0.05, 0.1) is 21.7 Å². The maximum Gasteiger partial charge on any atom is 0.216 e. The van der Waals surface area contributed by atoms with Gasteiger partial charge in [-0.1, -0.05) is 29.8 Å². The summed E-state index contributed by atoms with van der Waals surface area (Å²) in [6.45, 7) is 1.88. The Hall–Kier alpha value is -2.02. The molecule has 0 unspecified atom stereocenters. The molecule has 0 heterocycles. The van der Waals surface area contributed by atoms with Crippen molar-refractivity contribution in [1.82, 2.24) is 0 Å². The van der Waals surface area contributed by atoms with Crippen molar-refractivity contribution in [3.05, 3.63) is 59.7 Å². The molecule has 2 rings (SSSR count). The average Bonchev–Trinajstić information content (AvgIpc) is 2.61. The fraction of sp³-hybridized carbons (Fsp3) is 0.222. The van der Waals surface area contributed by atoms with Crippen LogP contribution in [0.25, 0.3) is 0 Å². The fourth-order valence-electron chi connectivity index (χ4n) is 2.28. The normalized spacial score (nSPS) is 12.6. The Balaban J connectivity index is 2.18. The van der Waals surface area contributed by atoms with Gasteiger partial charge < -0.3 is 5.73 Å². The average molecular weight is 380 g/mol. The summed E-state index contributed by atoms with van der Waals surface area (Å²) in [6, 6.07) is 11.7. The van der Waals surface area contributed by atoms with Crippen molar-refractivity contribution in [1.29, 1.82) is 0 Å². The minimum Gasteiger partial charge on any atom is -0.321 e. The number of benzene rings is 2. The standard InChI is InChI=1S/C18H18ClNO4S/c1-12-2-6-14(7-3-12)25(23,24)15-8-4-13(5-9-15)10-16(20)18(22)17(21)11-19/h2-9,16H,10-11,20H2,1H3/t16-/m0/s1. The molecule has 25 heavy (non-hydrogen) atoms. The molecule has 0 radical (unpaired) electrons. The van der Waals surface area contributed by atoms with Crippen LogP contribution in [-0.2, 0) is 25.8 Å². The predicted molar refractivity (Wildman–Crippen MR) is 95.5 cm³/mol. The highest BCUT2D eigenvalue weighted by atomic mass is 35.5. The molecular weight excluding hydrogens is 362 g/mol. The van der Waals surface area contributed by atoms with E-state index in [0.717, 1.165) is 5.56 Å². The molecule has 0 spiro atoms. The highest BCUT2D eigenvalue weighted by Gasteiger charge is 2.22. The molecule has 0 saturated carbocycles. The van der Waals surface area contributed by atoms with Crippen LogP contribution in [-0.4, -0.2) is 31.9 Å². The molecule has 1 atom stereocenters. The molecule has 0 aliphatic heterocycles. The van der Waals surface area contributed by atoms with Gasteiger partial charge in [-0.05, 0) is 43.2 Å². The Kier molecular flexibility index (Phi) is 6.11. The van der Waals surface area contributed by atoms with Gasteiger partial charge in [-0.3, -0.25) is 9.59 Å². The van der Waals surface area contributed by atoms with Crippen LogP contribution >= 0.6 is 11.6 Å². The van der Waals surface area contributed by atoms with Gasteiger partial charge in [0.25, 0.3) is 0 Å². The van der Waals surface area contributed by atoms with Gasteiger partial charge in [0, 0.05) is 0 Å². The number of alkyl halides is 1. The number of carbonyl (C=O) groups excluding carboxylic acids is 2. The summed E-state index contributed by atoms with van der Waals surface area (Å²) >= 11 is 5.34. The number of ketones is 2. The summed E-state index contributed by atoms with van der Waals surface area (Å²) < 4.78 is 25.2. The van der Waals surface area contributed by atoms with Crippen molar-refractivity contribution >= 4 is 33.0 Å². The Morgan fingerprint density at radius 2 is 1.48 bits per heavy atom. The summed E-state index contributed by atoms with van der Waals surface area (Å²) in [5.74, 6) is -1.86. The van der Waals surface area contributed by atoms with E-state index in [-0.39, 0.29) is 16.2 Å². The molecular formula is C18H18ClNO4S. The van der Waals surface area contributed by atoms with E-state index in [1.165, 1.54) is 12.1 Å². The van der Waals surface area contributed by atoms with Crippen LogP contribution in [0.15, 0.2) is 58.3 Å². The topological polar surface area (TPSA) is 94.3 Å². The summed E-state index contributed by atoms with van der Waals surface area (Å²) in [4.78, 5) is 23.3. The van der Waals surface area contributed by atoms with Gasteiger partial charge in [-0.15, -0.1) is 11.6 Å². The van der Waals surface area contributed by atoms with Crippen LogP contribution in [0.1, 0.15) is 11.1 Å². The Bertz CT molecular complexity index is 874. The van der Waals surface area contributed by atoms with Gasteiger partial charge in [0.15, 0.2) is 0 Å². The number of hydrogen-bond donors (Lipinski definition) is 1. The van der Waals surface area contributed by atoms with E-state index in [0.29, 0.717) is 5.56 Å². The second kappa shape index (κ2) is 7.91. The third-order valence-corrected chi connectivity index (χ3v) is 5.78. The SMILES string of the molecule is Cc1ccc(S(=O)(=O)c2ccc(C[C@H](N)C(=O)C(=O)CCl)cc2)cc1. The highest BCUT2D eigenvalue weighted by molar-refractivity contribution is 7.91. The second-order valence-electron chi connectivity index (χ2n) is 5.69. The number of nitrogens with two attached hydrogens (primary N) is 1. The molecule has 0 bridgehead atoms. The molecule has 0 aliphatic rings. The molecule has 0 aromatic heterocycles. The van der Waals surface area contributed by atoms with E-state index < -0.39 is 33.3 Å². The maximum atomic E-state index is 12.6. The van der Waals surface area contributed by atoms with Crippen LogP contribution in [0.2, 0.25) is 0 Å². The van der Waals surface area contributed by atoms with Crippen molar-refractivity contribution in [2.24, 2.45) is 5.73 Å². The smallest absolute Gasteiger partial charge is 0.216 e. The Morgan fingerprint density at radius 3 is 1.96 bits per heavy atom. The lowest BCUT2D eigenvalue weighted by Gasteiger charge is -2.10. The zero-order valence-electron chi connectivity index (χ0n) is 13.6. The first kappa shape index (κ1) is 19.3. The van der Waals surface area contributed by atoms with Gasteiger partial charge in [0.1, 0.15) is 0 Å². The molecule has 132 valence electrons. The lowest BCUT2D eigenvalue weighted by atomic mass is 10.0. The largest absolute Gasteiger partial charge is 0.321 e. The Morgan fingerprint density at radius 1 is 1.00 bits per heavy atom. The minimum absolute atomic E-state index is 0.131. The van der Waals surface area contributed by atoms with Gasteiger partial charge in [-0.25, -0.2) is 8.42 Å². The lowest BCUT2D eigenvalue weighted by Crippen LogP contribution is -2.38. The third kappa shape index (κ3) is 4.54. The molecule has 0 saturated heterocycles.